The van der Waals surface area contributed by atoms with Crippen LogP contribution in [0.4, 0.5) is 0 Å². The van der Waals surface area contributed by atoms with Crippen LogP contribution in [0.2, 0.25) is 0 Å². The van der Waals surface area contributed by atoms with E-state index in [-0.39, 0.29) is 5.97 Å². The normalized spacial score (nSPS) is 22.8. The van der Waals surface area contributed by atoms with E-state index in [1.54, 1.807) is 7.11 Å². The SMILES string of the molecule is CCNC(C)(CCCCN1CCCC(OC)C1)C(=O)OC. The second-order valence-electron chi connectivity index (χ2n) is 6.11. The highest BCUT2D eigenvalue weighted by molar-refractivity contribution is 5.80. The minimum absolute atomic E-state index is 0.165. The van der Waals surface area contributed by atoms with Crippen LogP contribution in [0, 0.1) is 0 Å². The third kappa shape index (κ3) is 5.93. The largest absolute Gasteiger partial charge is 0.468 e. The molecule has 0 radical (unpaired) electrons. The highest BCUT2D eigenvalue weighted by atomic mass is 16.5. The Kier molecular flexibility index (Phi) is 8.22. The van der Waals surface area contributed by atoms with Gasteiger partial charge in [-0.1, -0.05) is 6.92 Å². The molecule has 0 aromatic rings. The third-order valence-electron chi connectivity index (χ3n) is 4.40. The summed E-state index contributed by atoms with van der Waals surface area (Å²) in [5, 5.41) is 3.26. The van der Waals surface area contributed by atoms with Gasteiger partial charge in [-0.15, -0.1) is 0 Å². The number of likely N-dealkylation sites (tertiary alicyclic amines) is 1. The molecule has 1 heterocycles. The number of esters is 1. The quantitative estimate of drug-likeness (QED) is 0.520. The topological polar surface area (TPSA) is 50.8 Å². The average Bonchev–Trinajstić information content (AvgIpc) is 2.51. The van der Waals surface area contributed by atoms with Crippen molar-refractivity contribution in [3.05, 3.63) is 0 Å². The molecule has 1 aliphatic rings. The molecule has 1 rings (SSSR count). The van der Waals surface area contributed by atoms with Gasteiger partial charge in [-0.2, -0.15) is 0 Å². The van der Waals surface area contributed by atoms with Crippen LogP contribution in [0.25, 0.3) is 0 Å². The Morgan fingerprint density at radius 1 is 1.38 bits per heavy atom. The molecule has 1 saturated heterocycles. The number of carbonyl (C=O) groups is 1. The summed E-state index contributed by atoms with van der Waals surface area (Å²) < 4.78 is 10.4. The summed E-state index contributed by atoms with van der Waals surface area (Å²) in [5.41, 5.74) is -0.555. The van der Waals surface area contributed by atoms with Gasteiger partial charge >= 0.3 is 5.97 Å². The fourth-order valence-electron chi connectivity index (χ4n) is 3.10. The number of likely N-dealkylation sites (N-methyl/N-ethyl adjacent to an activating group) is 1. The van der Waals surface area contributed by atoms with Gasteiger partial charge in [-0.25, -0.2) is 0 Å². The summed E-state index contributed by atoms with van der Waals surface area (Å²) in [6.07, 6.45) is 5.72. The standard InChI is InChI=1S/C16H32N2O3/c1-5-17-16(2,15(19)21-4)10-6-7-11-18-12-8-9-14(13-18)20-3/h14,17H,5-13H2,1-4H3. The van der Waals surface area contributed by atoms with Gasteiger partial charge in [0.05, 0.1) is 13.2 Å². The Labute approximate surface area is 129 Å². The lowest BCUT2D eigenvalue weighted by molar-refractivity contribution is -0.148. The summed E-state index contributed by atoms with van der Waals surface area (Å²) in [5.74, 6) is -0.165. The summed E-state index contributed by atoms with van der Waals surface area (Å²) >= 11 is 0. The van der Waals surface area contributed by atoms with Crippen molar-refractivity contribution in [3.63, 3.8) is 0 Å². The van der Waals surface area contributed by atoms with Gasteiger partial charge in [0, 0.05) is 13.7 Å². The molecule has 0 saturated carbocycles. The Balaban J connectivity index is 2.29. The molecule has 5 heteroatoms. The predicted molar refractivity (Wildman–Crippen MR) is 84.4 cm³/mol. The third-order valence-corrected chi connectivity index (χ3v) is 4.40. The Morgan fingerprint density at radius 3 is 2.76 bits per heavy atom. The van der Waals surface area contributed by atoms with Gasteiger partial charge in [0.25, 0.3) is 0 Å². The Hall–Kier alpha value is -0.650. The number of carbonyl (C=O) groups excluding carboxylic acids is 1. The van der Waals surface area contributed by atoms with Crippen LogP contribution in [0.1, 0.15) is 46.0 Å². The number of ether oxygens (including phenoxy) is 2. The van der Waals surface area contributed by atoms with Gasteiger partial charge in [0.15, 0.2) is 0 Å². The van der Waals surface area contributed by atoms with Crippen molar-refractivity contribution in [2.24, 2.45) is 0 Å². The molecule has 1 fully saturated rings. The molecule has 1 N–H and O–H groups in total. The summed E-state index contributed by atoms with van der Waals surface area (Å²) in [7, 11) is 3.25. The van der Waals surface area contributed by atoms with Crippen molar-refractivity contribution >= 4 is 5.97 Å². The molecule has 0 amide bonds. The van der Waals surface area contributed by atoms with E-state index < -0.39 is 5.54 Å². The van der Waals surface area contributed by atoms with Crippen molar-refractivity contribution < 1.29 is 14.3 Å². The number of hydrogen-bond donors (Lipinski definition) is 1. The maximum atomic E-state index is 11.9. The fourth-order valence-corrected chi connectivity index (χ4v) is 3.10. The van der Waals surface area contributed by atoms with Crippen LogP contribution in [0.15, 0.2) is 0 Å². The maximum Gasteiger partial charge on any atom is 0.325 e. The van der Waals surface area contributed by atoms with Crippen LogP contribution in [0.3, 0.4) is 0 Å². The zero-order chi connectivity index (χ0) is 15.7. The van der Waals surface area contributed by atoms with E-state index in [0.29, 0.717) is 6.10 Å². The average molecular weight is 300 g/mol. The molecule has 0 spiro atoms. The van der Waals surface area contributed by atoms with E-state index in [1.165, 1.54) is 26.5 Å². The fraction of sp³-hybridized carbons (Fsp3) is 0.938. The molecule has 0 bridgehead atoms. The van der Waals surface area contributed by atoms with E-state index in [4.69, 9.17) is 9.47 Å². The van der Waals surface area contributed by atoms with E-state index in [2.05, 4.69) is 10.2 Å². The van der Waals surface area contributed by atoms with Gasteiger partial charge in [-0.05, 0) is 58.7 Å². The lowest BCUT2D eigenvalue weighted by atomic mass is 9.94. The van der Waals surface area contributed by atoms with E-state index in [1.807, 2.05) is 13.8 Å². The van der Waals surface area contributed by atoms with Crippen LogP contribution < -0.4 is 5.32 Å². The molecule has 124 valence electrons. The molecule has 1 aliphatic heterocycles. The summed E-state index contributed by atoms with van der Waals surface area (Å²) in [6, 6.07) is 0. The Bertz CT molecular complexity index is 312. The zero-order valence-electron chi connectivity index (χ0n) is 14.1. The minimum atomic E-state index is -0.555. The van der Waals surface area contributed by atoms with Crippen LogP contribution in [0.5, 0.6) is 0 Å². The predicted octanol–water partition coefficient (Wildman–Crippen LogP) is 1.81. The molecule has 0 aromatic heterocycles. The highest BCUT2D eigenvalue weighted by Crippen LogP contribution is 2.17. The molecule has 21 heavy (non-hydrogen) atoms. The number of methoxy groups -OCH3 is 2. The van der Waals surface area contributed by atoms with Crippen molar-refractivity contribution in [1.82, 2.24) is 10.2 Å². The maximum absolute atomic E-state index is 11.9. The van der Waals surface area contributed by atoms with E-state index in [9.17, 15) is 4.79 Å². The van der Waals surface area contributed by atoms with Crippen molar-refractivity contribution in [3.8, 4) is 0 Å². The lowest BCUT2D eigenvalue weighted by Gasteiger charge is -2.32. The first-order chi connectivity index (χ1) is 10.1. The van der Waals surface area contributed by atoms with Gasteiger partial charge in [0.2, 0.25) is 0 Å². The second kappa shape index (κ2) is 9.38. The zero-order valence-corrected chi connectivity index (χ0v) is 14.1. The smallest absolute Gasteiger partial charge is 0.325 e. The lowest BCUT2D eigenvalue weighted by Crippen LogP contribution is -2.50. The van der Waals surface area contributed by atoms with Crippen molar-refractivity contribution in [2.45, 2.75) is 57.6 Å². The summed E-state index contributed by atoms with van der Waals surface area (Å²) in [6.45, 7) is 8.01. The minimum Gasteiger partial charge on any atom is -0.468 e. The number of nitrogens with zero attached hydrogens (tertiary/aromatic N) is 1. The van der Waals surface area contributed by atoms with E-state index >= 15 is 0 Å². The molecule has 5 nitrogen and oxygen atoms in total. The van der Waals surface area contributed by atoms with Crippen molar-refractivity contribution in [1.29, 1.82) is 0 Å². The van der Waals surface area contributed by atoms with Crippen LogP contribution >= 0.6 is 0 Å². The van der Waals surface area contributed by atoms with Gasteiger partial charge in [0.1, 0.15) is 5.54 Å². The van der Waals surface area contributed by atoms with Gasteiger partial charge in [-0.3, -0.25) is 4.79 Å². The molecule has 2 atom stereocenters. The van der Waals surface area contributed by atoms with Crippen molar-refractivity contribution in [2.75, 3.05) is 40.4 Å². The molecule has 0 aromatic carbocycles. The number of nitrogens with one attached hydrogen (secondary N) is 1. The second-order valence-corrected chi connectivity index (χ2v) is 6.11. The first-order valence-electron chi connectivity index (χ1n) is 8.14. The molecule has 0 aliphatic carbocycles. The van der Waals surface area contributed by atoms with Crippen LogP contribution in [-0.2, 0) is 14.3 Å². The molecular weight excluding hydrogens is 268 g/mol. The number of rotatable bonds is 9. The van der Waals surface area contributed by atoms with Crippen LogP contribution in [-0.4, -0.2) is 62.9 Å². The molecular formula is C16H32N2O3. The highest BCUT2D eigenvalue weighted by Gasteiger charge is 2.32. The monoisotopic (exact) mass is 300 g/mol. The number of hydrogen-bond acceptors (Lipinski definition) is 5. The van der Waals surface area contributed by atoms with E-state index in [0.717, 1.165) is 38.9 Å². The first kappa shape index (κ1) is 18.4. The van der Waals surface area contributed by atoms with Gasteiger partial charge < -0.3 is 19.7 Å². The molecule has 2 unspecified atom stereocenters. The number of unbranched alkanes of at least 4 members (excludes halogenated alkanes) is 1. The first-order valence-corrected chi connectivity index (χ1v) is 8.14. The summed E-state index contributed by atoms with van der Waals surface area (Å²) in [4.78, 5) is 14.4. The Morgan fingerprint density at radius 2 is 2.14 bits per heavy atom. The number of piperidine rings is 1.